The SMILES string of the molecule is N#Cc1ccc(C=C2CSc3ccc(F)cc3C2=O)cc1. The number of halogens is 1. The van der Waals surface area contributed by atoms with Crippen LogP contribution in [0.3, 0.4) is 0 Å². The first-order valence-corrected chi connectivity index (χ1v) is 7.34. The van der Waals surface area contributed by atoms with Crippen molar-refractivity contribution in [1.29, 1.82) is 5.26 Å². The van der Waals surface area contributed by atoms with Crippen molar-refractivity contribution in [2.24, 2.45) is 0 Å². The molecule has 0 amide bonds. The van der Waals surface area contributed by atoms with Gasteiger partial charge in [0.05, 0.1) is 11.6 Å². The Bertz CT molecular complexity index is 787. The van der Waals surface area contributed by atoms with Crippen molar-refractivity contribution < 1.29 is 9.18 Å². The second-order valence-electron chi connectivity index (χ2n) is 4.66. The Labute approximate surface area is 125 Å². The molecule has 0 saturated carbocycles. The molecular weight excluding hydrogens is 285 g/mol. The third-order valence-electron chi connectivity index (χ3n) is 3.24. The molecule has 21 heavy (non-hydrogen) atoms. The molecule has 2 aromatic carbocycles. The lowest BCUT2D eigenvalue weighted by Crippen LogP contribution is -2.12. The lowest BCUT2D eigenvalue weighted by atomic mass is 10.0. The quantitative estimate of drug-likeness (QED) is 0.745. The summed E-state index contributed by atoms with van der Waals surface area (Å²) in [5, 5.41) is 8.77. The number of rotatable bonds is 1. The number of ketones is 1. The van der Waals surface area contributed by atoms with Gasteiger partial charge in [-0.1, -0.05) is 12.1 Å². The topological polar surface area (TPSA) is 40.9 Å². The number of hydrogen-bond acceptors (Lipinski definition) is 3. The lowest BCUT2D eigenvalue weighted by Gasteiger charge is -2.16. The van der Waals surface area contributed by atoms with Crippen molar-refractivity contribution in [3.8, 4) is 6.07 Å². The minimum atomic E-state index is -0.401. The summed E-state index contributed by atoms with van der Waals surface area (Å²) in [5.41, 5.74) is 2.50. The summed E-state index contributed by atoms with van der Waals surface area (Å²) in [6.07, 6.45) is 1.80. The first-order chi connectivity index (χ1) is 10.2. The van der Waals surface area contributed by atoms with Gasteiger partial charge >= 0.3 is 0 Å². The molecule has 1 heterocycles. The lowest BCUT2D eigenvalue weighted by molar-refractivity contribution is 0.103. The fourth-order valence-corrected chi connectivity index (χ4v) is 3.16. The monoisotopic (exact) mass is 295 g/mol. The predicted molar refractivity (Wildman–Crippen MR) is 80.6 cm³/mol. The molecule has 0 spiro atoms. The Morgan fingerprint density at radius 2 is 1.95 bits per heavy atom. The van der Waals surface area contributed by atoms with E-state index < -0.39 is 5.82 Å². The van der Waals surface area contributed by atoms with E-state index in [1.54, 1.807) is 36.4 Å². The van der Waals surface area contributed by atoms with E-state index in [1.165, 1.54) is 23.9 Å². The molecule has 0 fully saturated rings. The predicted octanol–water partition coefficient (Wildman–Crippen LogP) is 4.07. The molecule has 0 aliphatic carbocycles. The Morgan fingerprint density at radius 1 is 1.19 bits per heavy atom. The van der Waals surface area contributed by atoms with E-state index in [0.29, 0.717) is 22.5 Å². The highest BCUT2D eigenvalue weighted by atomic mass is 32.2. The van der Waals surface area contributed by atoms with Crippen LogP contribution in [0, 0.1) is 17.1 Å². The highest BCUT2D eigenvalue weighted by molar-refractivity contribution is 7.99. The van der Waals surface area contributed by atoms with Crippen LogP contribution in [0.15, 0.2) is 52.9 Å². The zero-order valence-corrected chi connectivity index (χ0v) is 11.8. The number of benzene rings is 2. The number of carbonyl (C=O) groups excluding carboxylic acids is 1. The fourth-order valence-electron chi connectivity index (χ4n) is 2.16. The zero-order chi connectivity index (χ0) is 14.8. The summed E-state index contributed by atoms with van der Waals surface area (Å²) in [5.74, 6) is 0.0345. The smallest absolute Gasteiger partial charge is 0.191 e. The van der Waals surface area contributed by atoms with Gasteiger partial charge in [0.25, 0.3) is 0 Å². The molecule has 1 aliphatic rings. The maximum absolute atomic E-state index is 13.3. The largest absolute Gasteiger partial charge is 0.289 e. The van der Waals surface area contributed by atoms with Crippen LogP contribution in [0.25, 0.3) is 6.08 Å². The standard InChI is InChI=1S/C17H10FNOS/c18-14-5-6-16-15(8-14)17(20)13(10-21-16)7-11-1-3-12(9-19)4-2-11/h1-8H,10H2. The number of carbonyl (C=O) groups is 1. The summed E-state index contributed by atoms with van der Waals surface area (Å²) in [6, 6.07) is 13.4. The minimum Gasteiger partial charge on any atom is -0.289 e. The molecule has 0 saturated heterocycles. The molecular formula is C17H10FNOS. The van der Waals surface area contributed by atoms with Gasteiger partial charge in [0.1, 0.15) is 5.82 Å². The van der Waals surface area contributed by atoms with Gasteiger partial charge in [-0.3, -0.25) is 4.79 Å². The van der Waals surface area contributed by atoms with E-state index in [0.717, 1.165) is 10.5 Å². The molecule has 2 nitrogen and oxygen atoms in total. The Hall–Kier alpha value is -2.38. The van der Waals surface area contributed by atoms with Gasteiger partial charge < -0.3 is 0 Å². The van der Waals surface area contributed by atoms with E-state index in [4.69, 9.17) is 5.26 Å². The van der Waals surface area contributed by atoms with Crippen molar-refractivity contribution in [3.63, 3.8) is 0 Å². The molecule has 0 aromatic heterocycles. The Kier molecular flexibility index (Phi) is 3.59. The van der Waals surface area contributed by atoms with Gasteiger partial charge in [0.2, 0.25) is 0 Å². The van der Waals surface area contributed by atoms with Crippen LogP contribution in [0.2, 0.25) is 0 Å². The van der Waals surface area contributed by atoms with E-state index in [2.05, 4.69) is 6.07 Å². The van der Waals surface area contributed by atoms with Crippen molar-refractivity contribution >= 4 is 23.6 Å². The Balaban J connectivity index is 1.95. The van der Waals surface area contributed by atoms with Gasteiger partial charge in [-0.15, -0.1) is 11.8 Å². The van der Waals surface area contributed by atoms with Crippen molar-refractivity contribution in [2.75, 3.05) is 5.75 Å². The number of nitriles is 1. The summed E-state index contributed by atoms with van der Waals surface area (Å²) in [4.78, 5) is 13.2. The normalized spacial score (nSPS) is 15.6. The highest BCUT2D eigenvalue weighted by Gasteiger charge is 2.22. The van der Waals surface area contributed by atoms with Crippen LogP contribution in [0.1, 0.15) is 21.5 Å². The number of nitrogens with zero attached hydrogens (tertiary/aromatic N) is 1. The third kappa shape index (κ3) is 2.74. The molecule has 2 aromatic rings. The van der Waals surface area contributed by atoms with E-state index in [9.17, 15) is 9.18 Å². The maximum atomic E-state index is 13.3. The molecule has 3 rings (SSSR count). The fraction of sp³-hybridized carbons (Fsp3) is 0.0588. The van der Waals surface area contributed by atoms with Gasteiger partial charge in [-0.2, -0.15) is 5.26 Å². The minimum absolute atomic E-state index is 0.132. The van der Waals surface area contributed by atoms with Crippen molar-refractivity contribution in [2.45, 2.75) is 4.90 Å². The number of hydrogen-bond donors (Lipinski definition) is 0. The first-order valence-electron chi connectivity index (χ1n) is 6.35. The third-order valence-corrected chi connectivity index (χ3v) is 4.36. The average molecular weight is 295 g/mol. The van der Waals surface area contributed by atoms with Crippen LogP contribution < -0.4 is 0 Å². The molecule has 0 N–H and O–H groups in total. The summed E-state index contributed by atoms with van der Waals surface area (Å²) < 4.78 is 13.3. The zero-order valence-electron chi connectivity index (χ0n) is 11.0. The first kappa shape index (κ1) is 13.6. The van der Waals surface area contributed by atoms with E-state index in [1.807, 2.05) is 0 Å². The van der Waals surface area contributed by atoms with E-state index in [-0.39, 0.29) is 5.78 Å². The summed E-state index contributed by atoms with van der Waals surface area (Å²) >= 11 is 1.53. The van der Waals surface area contributed by atoms with Crippen molar-refractivity contribution in [3.05, 3.63) is 70.5 Å². The molecule has 1 aliphatic heterocycles. The molecule has 0 unspecified atom stereocenters. The van der Waals surface area contributed by atoms with Gasteiger partial charge in [-0.25, -0.2) is 4.39 Å². The second kappa shape index (κ2) is 5.55. The van der Waals surface area contributed by atoms with Crippen molar-refractivity contribution in [1.82, 2.24) is 0 Å². The van der Waals surface area contributed by atoms with Crippen LogP contribution in [-0.4, -0.2) is 11.5 Å². The van der Waals surface area contributed by atoms with Crippen LogP contribution in [0.5, 0.6) is 0 Å². The molecule has 0 atom stereocenters. The maximum Gasteiger partial charge on any atom is 0.191 e. The highest BCUT2D eigenvalue weighted by Crippen LogP contribution is 2.33. The van der Waals surface area contributed by atoms with Gasteiger partial charge in [0.15, 0.2) is 5.78 Å². The molecule has 4 heteroatoms. The number of Topliss-reactive ketones (excluding diaryl/α,β-unsaturated/α-hetero) is 1. The summed E-state index contributed by atoms with van der Waals surface area (Å²) in [7, 11) is 0. The van der Waals surface area contributed by atoms with E-state index >= 15 is 0 Å². The van der Waals surface area contributed by atoms with Crippen LogP contribution in [-0.2, 0) is 0 Å². The number of thioether (sulfide) groups is 1. The molecule has 0 bridgehead atoms. The average Bonchev–Trinajstić information content (AvgIpc) is 2.51. The molecule has 0 radical (unpaired) electrons. The van der Waals surface area contributed by atoms with Gasteiger partial charge in [0, 0.05) is 21.8 Å². The van der Waals surface area contributed by atoms with Crippen LogP contribution in [0.4, 0.5) is 4.39 Å². The second-order valence-corrected chi connectivity index (χ2v) is 5.68. The van der Waals surface area contributed by atoms with Crippen LogP contribution >= 0.6 is 11.8 Å². The molecule has 102 valence electrons. The van der Waals surface area contributed by atoms with Gasteiger partial charge in [-0.05, 0) is 42.0 Å². The number of fused-ring (bicyclic) bond motifs is 1. The Morgan fingerprint density at radius 3 is 2.67 bits per heavy atom. The summed E-state index contributed by atoms with van der Waals surface area (Å²) in [6.45, 7) is 0.